The van der Waals surface area contributed by atoms with Crippen LogP contribution in [-0.2, 0) is 22.6 Å². The first kappa shape index (κ1) is 20.9. The molecule has 1 aliphatic carbocycles. The van der Waals surface area contributed by atoms with Crippen LogP contribution >= 0.6 is 0 Å². The van der Waals surface area contributed by atoms with E-state index in [2.05, 4.69) is 17.6 Å². The molecule has 0 aromatic heterocycles. The highest BCUT2D eigenvalue weighted by Gasteiger charge is 2.28. The van der Waals surface area contributed by atoms with Crippen molar-refractivity contribution in [3.63, 3.8) is 0 Å². The lowest BCUT2D eigenvalue weighted by atomic mass is 9.85. The average molecular weight is 395 g/mol. The van der Waals surface area contributed by atoms with Gasteiger partial charge in [-0.3, -0.25) is 4.79 Å². The Kier molecular flexibility index (Phi) is 7.68. The molecule has 2 aromatic carbocycles. The van der Waals surface area contributed by atoms with Gasteiger partial charge in [0.2, 0.25) is 5.91 Å². The lowest BCUT2D eigenvalue weighted by Crippen LogP contribution is -2.52. The van der Waals surface area contributed by atoms with E-state index < -0.39 is 12.1 Å². The zero-order chi connectivity index (χ0) is 20.5. The summed E-state index contributed by atoms with van der Waals surface area (Å²) in [6.45, 7) is 2.35. The molecule has 0 spiro atoms. The third-order valence-electron chi connectivity index (χ3n) is 5.54. The SMILES string of the molecule is C[C@H]1CCCC[C@H]1NC(=O)[C@H](Cc1ccccc1)NC(=O)OCc1ccccc1. The van der Waals surface area contributed by atoms with E-state index in [4.69, 9.17) is 4.74 Å². The monoisotopic (exact) mass is 394 g/mol. The number of carbonyl (C=O) groups excluding carboxylic acids is 2. The van der Waals surface area contributed by atoms with E-state index in [1.165, 1.54) is 6.42 Å². The summed E-state index contributed by atoms with van der Waals surface area (Å²) < 4.78 is 5.33. The van der Waals surface area contributed by atoms with Gasteiger partial charge in [-0.2, -0.15) is 0 Å². The molecule has 2 amide bonds. The van der Waals surface area contributed by atoms with Crippen molar-refractivity contribution in [2.45, 2.75) is 57.7 Å². The maximum atomic E-state index is 13.0. The number of benzene rings is 2. The van der Waals surface area contributed by atoms with Crippen molar-refractivity contribution in [3.05, 3.63) is 71.8 Å². The molecule has 0 radical (unpaired) electrons. The second-order valence-corrected chi connectivity index (χ2v) is 7.83. The number of nitrogens with one attached hydrogen (secondary N) is 2. The summed E-state index contributed by atoms with van der Waals surface area (Å²) in [6.07, 6.45) is 4.30. The summed E-state index contributed by atoms with van der Waals surface area (Å²) >= 11 is 0. The molecule has 5 nitrogen and oxygen atoms in total. The van der Waals surface area contributed by atoms with Crippen LogP contribution in [0, 0.1) is 5.92 Å². The molecule has 0 aliphatic heterocycles. The largest absolute Gasteiger partial charge is 0.445 e. The zero-order valence-electron chi connectivity index (χ0n) is 17.0. The number of carbonyl (C=O) groups is 2. The third-order valence-corrected chi connectivity index (χ3v) is 5.54. The molecule has 2 aromatic rings. The van der Waals surface area contributed by atoms with Gasteiger partial charge in [0.05, 0.1) is 0 Å². The standard InChI is InChI=1S/C24H30N2O3/c1-18-10-8-9-15-21(18)25-23(27)22(16-19-11-4-2-5-12-19)26-24(28)29-17-20-13-6-3-7-14-20/h2-7,11-14,18,21-22H,8-10,15-17H2,1H3,(H,25,27)(H,26,28)/t18-,21+,22-/m0/s1. The van der Waals surface area contributed by atoms with Gasteiger partial charge in [0, 0.05) is 12.5 Å². The predicted octanol–water partition coefficient (Wildman–Crippen LogP) is 4.22. The quantitative estimate of drug-likeness (QED) is 0.739. The van der Waals surface area contributed by atoms with Crippen molar-refractivity contribution in [1.82, 2.24) is 10.6 Å². The Labute approximate surface area is 172 Å². The Bertz CT molecular complexity index is 779. The highest BCUT2D eigenvalue weighted by atomic mass is 16.5. The van der Waals surface area contributed by atoms with Crippen LogP contribution in [0.2, 0.25) is 0 Å². The van der Waals surface area contributed by atoms with Crippen molar-refractivity contribution in [2.75, 3.05) is 0 Å². The number of hydrogen-bond donors (Lipinski definition) is 2. The van der Waals surface area contributed by atoms with Crippen LogP contribution in [0.4, 0.5) is 4.79 Å². The predicted molar refractivity (Wildman–Crippen MR) is 113 cm³/mol. The van der Waals surface area contributed by atoms with E-state index in [0.717, 1.165) is 30.4 Å². The summed E-state index contributed by atoms with van der Waals surface area (Å²) in [7, 11) is 0. The molecule has 29 heavy (non-hydrogen) atoms. The minimum absolute atomic E-state index is 0.149. The number of amides is 2. The first-order chi connectivity index (χ1) is 14.1. The molecule has 1 fully saturated rings. The second-order valence-electron chi connectivity index (χ2n) is 7.83. The molecule has 0 saturated heterocycles. The van der Waals surface area contributed by atoms with Gasteiger partial charge in [-0.25, -0.2) is 4.79 Å². The average Bonchev–Trinajstić information content (AvgIpc) is 2.75. The van der Waals surface area contributed by atoms with E-state index in [-0.39, 0.29) is 18.6 Å². The van der Waals surface area contributed by atoms with Gasteiger partial charge in [0.15, 0.2) is 0 Å². The van der Waals surface area contributed by atoms with E-state index in [9.17, 15) is 9.59 Å². The number of rotatable bonds is 7. The van der Waals surface area contributed by atoms with Crippen LogP contribution in [-0.4, -0.2) is 24.1 Å². The van der Waals surface area contributed by atoms with Crippen LogP contribution in [0.25, 0.3) is 0 Å². The van der Waals surface area contributed by atoms with Crippen LogP contribution < -0.4 is 10.6 Å². The molecule has 2 N–H and O–H groups in total. The fraction of sp³-hybridized carbons (Fsp3) is 0.417. The molecule has 1 saturated carbocycles. The van der Waals surface area contributed by atoms with Gasteiger partial charge < -0.3 is 15.4 Å². The van der Waals surface area contributed by atoms with E-state index in [1.807, 2.05) is 60.7 Å². The Morgan fingerprint density at radius 1 is 0.966 bits per heavy atom. The highest BCUT2D eigenvalue weighted by Crippen LogP contribution is 2.23. The maximum absolute atomic E-state index is 13.0. The Morgan fingerprint density at radius 3 is 2.24 bits per heavy atom. The van der Waals surface area contributed by atoms with Gasteiger partial charge in [-0.1, -0.05) is 80.4 Å². The second kappa shape index (κ2) is 10.6. The minimum Gasteiger partial charge on any atom is -0.445 e. The number of alkyl carbamates (subject to hydrolysis) is 1. The molecule has 3 rings (SSSR count). The molecule has 3 atom stereocenters. The van der Waals surface area contributed by atoms with Gasteiger partial charge in [-0.15, -0.1) is 0 Å². The third kappa shape index (κ3) is 6.63. The number of ether oxygens (including phenoxy) is 1. The topological polar surface area (TPSA) is 67.4 Å². The molecule has 0 heterocycles. The van der Waals surface area contributed by atoms with Crippen LogP contribution in [0.3, 0.4) is 0 Å². The number of hydrogen-bond acceptors (Lipinski definition) is 3. The summed E-state index contributed by atoms with van der Waals surface area (Å²) in [4.78, 5) is 25.4. The smallest absolute Gasteiger partial charge is 0.408 e. The van der Waals surface area contributed by atoms with E-state index >= 15 is 0 Å². The molecule has 154 valence electrons. The maximum Gasteiger partial charge on any atom is 0.408 e. The van der Waals surface area contributed by atoms with Gasteiger partial charge in [0.1, 0.15) is 12.6 Å². The Hall–Kier alpha value is -2.82. The molecule has 1 aliphatic rings. The van der Waals surface area contributed by atoms with E-state index in [1.54, 1.807) is 0 Å². The lowest BCUT2D eigenvalue weighted by molar-refractivity contribution is -0.124. The fourth-order valence-corrected chi connectivity index (χ4v) is 3.78. The van der Waals surface area contributed by atoms with Crippen LogP contribution in [0.1, 0.15) is 43.7 Å². The van der Waals surface area contributed by atoms with E-state index in [0.29, 0.717) is 12.3 Å². The fourth-order valence-electron chi connectivity index (χ4n) is 3.78. The molecular formula is C24H30N2O3. The van der Waals surface area contributed by atoms with Gasteiger partial charge >= 0.3 is 6.09 Å². The summed E-state index contributed by atoms with van der Waals surface area (Å²) in [5.41, 5.74) is 1.90. The zero-order valence-corrected chi connectivity index (χ0v) is 17.0. The van der Waals surface area contributed by atoms with Crippen molar-refractivity contribution in [2.24, 2.45) is 5.92 Å². The lowest BCUT2D eigenvalue weighted by Gasteiger charge is -2.31. The van der Waals surface area contributed by atoms with Gasteiger partial charge in [0.25, 0.3) is 0 Å². The van der Waals surface area contributed by atoms with Gasteiger partial charge in [-0.05, 0) is 29.9 Å². The Balaban J connectivity index is 1.61. The first-order valence-corrected chi connectivity index (χ1v) is 10.4. The summed E-state index contributed by atoms with van der Waals surface area (Å²) in [5.74, 6) is 0.305. The minimum atomic E-state index is -0.671. The van der Waals surface area contributed by atoms with Crippen molar-refractivity contribution >= 4 is 12.0 Å². The molecule has 0 bridgehead atoms. The normalized spacial score (nSPS) is 19.8. The highest BCUT2D eigenvalue weighted by molar-refractivity contribution is 5.86. The molecule has 5 heteroatoms. The molecule has 0 unspecified atom stereocenters. The Morgan fingerprint density at radius 2 is 1.59 bits per heavy atom. The van der Waals surface area contributed by atoms with Crippen molar-refractivity contribution in [3.8, 4) is 0 Å². The van der Waals surface area contributed by atoms with Crippen molar-refractivity contribution < 1.29 is 14.3 Å². The summed E-state index contributed by atoms with van der Waals surface area (Å²) in [6, 6.07) is 18.7. The van der Waals surface area contributed by atoms with Crippen LogP contribution in [0.5, 0.6) is 0 Å². The first-order valence-electron chi connectivity index (χ1n) is 10.4. The van der Waals surface area contributed by atoms with Crippen LogP contribution in [0.15, 0.2) is 60.7 Å². The molecular weight excluding hydrogens is 364 g/mol. The van der Waals surface area contributed by atoms with Crippen molar-refractivity contribution in [1.29, 1.82) is 0 Å². The summed E-state index contributed by atoms with van der Waals surface area (Å²) in [5, 5.41) is 5.93.